The number of aryl methyl sites for hydroxylation is 1. The van der Waals surface area contributed by atoms with Crippen molar-refractivity contribution >= 4 is 5.91 Å². The van der Waals surface area contributed by atoms with Gasteiger partial charge < -0.3 is 19.4 Å². The Bertz CT molecular complexity index is 634. The van der Waals surface area contributed by atoms with Crippen molar-refractivity contribution in [1.29, 1.82) is 0 Å². The molecule has 0 bridgehead atoms. The maximum absolute atomic E-state index is 12.2. The summed E-state index contributed by atoms with van der Waals surface area (Å²) in [5, 5.41) is 2.96. The van der Waals surface area contributed by atoms with Crippen LogP contribution in [0.15, 0.2) is 41.0 Å². The monoisotopic (exact) mass is 302 g/mol. The third-order valence-corrected chi connectivity index (χ3v) is 3.68. The summed E-state index contributed by atoms with van der Waals surface area (Å²) in [6.07, 6.45) is 1.52. The Kier molecular flexibility index (Phi) is 5.22. The number of para-hydroxylation sites is 1. The minimum atomic E-state index is -0.131. The number of likely N-dealkylation sites (N-methyl/N-ethyl adjacent to an activating group) is 1. The maximum Gasteiger partial charge on any atom is 0.254 e. The molecule has 0 spiro atoms. The molecule has 0 fully saturated rings. The first-order chi connectivity index (χ1) is 10.5. The fourth-order valence-corrected chi connectivity index (χ4v) is 2.42. The van der Waals surface area contributed by atoms with Crippen LogP contribution in [0, 0.1) is 6.92 Å². The molecule has 1 aromatic heterocycles. The van der Waals surface area contributed by atoms with Gasteiger partial charge in [0.05, 0.1) is 25.0 Å². The Morgan fingerprint density at radius 2 is 2.05 bits per heavy atom. The minimum absolute atomic E-state index is 0.0207. The van der Waals surface area contributed by atoms with E-state index in [1.165, 1.54) is 6.26 Å². The number of amides is 1. The van der Waals surface area contributed by atoms with Gasteiger partial charge in [0.25, 0.3) is 5.91 Å². The number of nitrogens with one attached hydrogen (secondary N) is 1. The number of ether oxygens (including phenoxy) is 1. The highest BCUT2D eigenvalue weighted by atomic mass is 16.5. The third-order valence-electron chi connectivity index (χ3n) is 3.68. The first kappa shape index (κ1) is 16.1. The number of furan rings is 1. The van der Waals surface area contributed by atoms with E-state index in [9.17, 15) is 4.79 Å². The molecule has 1 amide bonds. The lowest BCUT2D eigenvalue weighted by Crippen LogP contribution is -2.34. The fraction of sp³-hybridized carbons (Fsp3) is 0.353. The van der Waals surface area contributed by atoms with Gasteiger partial charge in [-0.25, -0.2) is 0 Å². The summed E-state index contributed by atoms with van der Waals surface area (Å²) in [7, 11) is 5.61. The number of rotatable bonds is 6. The van der Waals surface area contributed by atoms with E-state index in [1.54, 1.807) is 20.1 Å². The predicted molar refractivity (Wildman–Crippen MR) is 85.2 cm³/mol. The number of hydrogen-bond acceptors (Lipinski definition) is 4. The number of methoxy groups -OCH3 is 1. The minimum Gasteiger partial charge on any atom is -0.496 e. The Morgan fingerprint density at radius 3 is 2.64 bits per heavy atom. The Balaban J connectivity index is 2.13. The summed E-state index contributed by atoms with van der Waals surface area (Å²) >= 11 is 0. The topological polar surface area (TPSA) is 54.7 Å². The molecule has 1 heterocycles. The van der Waals surface area contributed by atoms with E-state index in [1.807, 2.05) is 38.4 Å². The lowest BCUT2D eigenvalue weighted by Gasteiger charge is -2.26. The van der Waals surface area contributed by atoms with E-state index in [2.05, 4.69) is 10.2 Å². The van der Waals surface area contributed by atoms with Crippen molar-refractivity contribution in [3.05, 3.63) is 53.5 Å². The summed E-state index contributed by atoms with van der Waals surface area (Å²) in [6, 6.07) is 9.54. The first-order valence-electron chi connectivity index (χ1n) is 7.16. The van der Waals surface area contributed by atoms with Gasteiger partial charge >= 0.3 is 0 Å². The van der Waals surface area contributed by atoms with Crippen LogP contribution in [-0.2, 0) is 0 Å². The van der Waals surface area contributed by atoms with Gasteiger partial charge in [-0.15, -0.1) is 0 Å². The van der Waals surface area contributed by atoms with Gasteiger partial charge in [0, 0.05) is 12.1 Å². The molecular formula is C17H22N2O3. The van der Waals surface area contributed by atoms with Crippen molar-refractivity contribution in [2.45, 2.75) is 13.0 Å². The highest BCUT2D eigenvalue weighted by molar-refractivity contribution is 5.95. The molecule has 0 saturated carbocycles. The maximum atomic E-state index is 12.2. The van der Waals surface area contributed by atoms with E-state index >= 15 is 0 Å². The Morgan fingerprint density at radius 1 is 1.32 bits per heavy atom. The summed E-state index contributed by atoms with van der Waals surface area (Å²) < 4.78 is 10.6. The molecule has 5 heteroatoms. The number of hydrogen-bond donors (Lipinski definition) is 1. The normalized spacial score (nSPS) is 12.2. The smallest absolute Gasteiger partial charge is 0.254 e. The zero-order valence-electron chi connectivity index (χ0n) is 13.4. The van der Waals surface area contributed by atoms with Crippen molar-refractivity contribution in [2.24, 2.45) is 0 Å². The molecule has 0 aliphatic carbocycles. The van der Waals surface area contributed by atoms with Crippen molar-refractivity contribution < 1.29 is 13.9 Å². The molecule has 2 aromatic rings. The quantitative estimate of drug-likeness (QED) is 0.891. The molecule has 22 heavy (non-hydrogen) atoms. The number of benzene rings is 1. The number of carbonyl (C=O) groups excluding carboxylic acids is 1. The largest absolute Gasteiger partial charge is 0.496 e. The van der Waals surface area contributed by atoms with Crippen LogP contribution in [0.2, 0.25) is 0 Å². The lowest BCUT2D eigenvalue weighted by atomic mass is 10.0. The number of nitrogens with zero attached hydrogens (tertiary/aromatic N) is 1. The molecule has 1 unspecified atom stereocenters. The van der Waals surface area contributed by atoms with Crippen molar-refractivity contribution in [3.8, 4) is 5.75 Å². The van der Waals surface area contributed by atoms with Crippen LogP contribution < -0.4 is 10.1 Å². The number of carbonyl (C=O) groups is 1. The molecule has 1 atom stereocenters. The Labute approximate surface area is 130 Å². The van der Waals surface area contributed by atoms with E-state index in [0.29, 0.717) is 17.9 Å². The van der Waals surface area contributed by atoms with Gasteiger partial charge in [-0.2, -0.15) is 0 Å². The third kappa shape index (κ3) is 3.49. The molecule has 118 valence electrons. The zero-order chi connectivity index (χ0) is 16.1. The summed E-state index contributed by atoms with van der Waals surface area (Å²) in [5.74, 6) is 1.30. The summed E-state index contributed by atoms with van der Waals surface area (Å²) in [6.45, 7) is 2.26. The molecular weight excluding hydrogens is 280 g/mol. The molecule has 2 rings (SSSR count). The van der Waals surface area contributed by atoms with Crippen LogP contribution in [0.3, 0.4) is 0 Å². The van der Waals surface area contributed by atoms with Crippen LogP contribution in [0.5, 0.6) is 5.75 Å². The van der Waals surface area contributed by atoms with Gasteiger partial charge in [-0.1, -0.05) is 18.2 Å². The van der Waals surface area contributed by atoms with Crippen molar-refractivity contribution in [3.63, 3.8) is 0 Å². The van der Waals surface area contributed by atoms with Crippen LogP contribution in [0.4, 0.5) is 0 Å². The van der Waals surface area contributed by atoms with Crippen LogP contribution in [0.25, 0.3) is 0 Å². The van der Waals surface area contributed by atoms with E-state index in [0.717, 1.165) is 11.3 Å². The van der Waals surface area contributed by atoms with E-state index in [4.69, 9.17) is 9.15 Å². The molecule has 1 aromatic carbocycles. The SMILES string of the molecule is COc1ccccc1C(CNC(=O)c1ccoc1C)N(C)C. The predicted octanol–water partition coefficient (Wildman–Crippen LogP) is 2.63. The summed E-state index contributed by atoms with van der Waals surface area (Å²) in [4.78, 5) is 14.3. The standard InChI is InChI=1S/C17H22N2O3/c1-12-13(9-10-22-12)17(20)18-11-15(19(2)3)14-7-5-6-8-16(14)21-4/h5-10,15H,11H2,1-4H3,(H,18,20). The highest BCUT2D eigenvalue weighted by Gasteiger charge is 2.20. The van der Waals surface area contributed by atoms with Crippen molar-refractivity contribution in [2.75, 3.05) is 27.7 Å². The van der Waals surface area contributed by atoms with E-state index < -0.39 is 0 Å². The average Bonchev–Trinajstić information content (AvgIpc) is 2.93. The molecule has 1 N–H and O–H groups in total. The van der Waals surface area contributed by atoms with Crippen LogP contribution >= 0.6 is 0 Å². The van der Waals surface area contributed by atoms with E-state index in [-0.39, 0.29) is 11.9 Å². The lowest BCUT2D eigenvalue weighted by molar-refractivity contribution is 0.0940. The zero-order valence-corrected chi connectivity index (χ0v) is 13.4. The second-order valence-electron chi connectivity index (χ2n) is 5.32. The second-order valence-corrected chi connectivity index (χ2v) is 5.32. The molecule has 5 nitrogen and oxygen atoms in total. The van der Waals surface area contributed by atoms with Gasteiger partial charge in [-0.3, -0.25) is 4.79 Å². The molecule has 0 radical (unpaired) electrons. The van der Waals surface area contributed by atoms with Crippen LogP contribution in [-0.4, -0.2) is 38.6 Å². The van der Waals surface area contributed by atoms with Crippen molar-refractivity contribution in [1.82, 2.24) is 10.2 Å². The van der Waals surface area contributed by atoms with Gasteiger partial charge in [0.2, 0.25) is 0 Å². The Hall–Kier alpha value is -2.27. The second kappa shape index (κ2) is 7.13. The fourth-order valence-electron chi connectivity index (χ4n) is 2.42. The molecule has 0 aliphatic heterocycles. The molecule has 0 saturated heterocycles. The van der Waals surface area contributed by atoms with Gasteiger partial charge in [0.1, 0.15) is 11.5 Å². The van der Waals surface area contributed by atoms with Crippen LogP contribution in [0.1, 0.15) is 27.7 Å². The average molecular weight is 302 g/mol. The van der Waals surface area contributed by atoms with Gasteiger partial charge in [0.15, 0.2) is 0 Å². The first-order valence-corrected chi connectivity index (χ1v) is 7.16. The van der Waals surface area contributed by atoms with Gasteiger partial charge in [-0.05, 0) is 33.2 Å². The summed E-state index contributed by atoms with van der Waals surface area (Å²) in [5.41, 5.74) is 1.61. The highest BCUT2D eigenvalue weighted by Crippen LogP contribution is 2.27. The molecule has 0 aliphatic rings.